The molecule has 4 heteroatoms. The van der Waals surface area contributed by atoms with Gasteiger partial charge in [0.15, 0.2) is 0 Å². The first-order valence-electron chi connectivity index (χ1n) is 5.38. The molecule has 0 aliphatic carbocycles. The molecule has 0 radical (unpaired) electrons. The predicted octanol–water partition coefficient (Wildman–Crippen LogP) is 1.78. The summed E-state index contributed by atoms with van der Waals surface area (Å²) in [6.45, 7) is 2.87. The Morgan fingerprint density at radius 1 is 1.31 bits per heavy atom. The molecule has 16 heavy (non-hydrogen) atoms. The Morgan fingerprint density at radius 3 is 2.88 bits per heavy atom. The van der Waals surface area contributed by atoms with Gasteiger partial charge in [-0.2, -0.15) is 0 Å². The molecule has 0 bridgehead atoms. The highest BCUT2D eigenvalue weighted by atomic mass is 15.0. The van der Waals surface area contributed by atoms with E-state index in [1.165, 1.54) is 0 Å². The highest BCUT2D eigenvalue weighted by Crippen LogP contribution is 2.07. The maximum atomic E-state index is 4.28. The number of hydrogen-bond acceptors (Lipinski definition) is 3. The number of aryl methyl sites for hydroxylation is 2. The van der Waals surface area contributed by atoms with Crippen molar-refractivity contribution in [2.45, 2.75) is 13.3 Å². The zero-order valence-electron chi connectivity index (χ0n) is 9.64. The van der Waals surface area contributed by atoms with E-state index in [9.17, 15) is 0 Å². The number of anilines is 1. The van der Waals surface area contributed by atoms with Crippen LogP contribution in [0.1, 0.15) is 11.5 Å². The van der Waals surface area contributed by atoms with E-state index in [0.717, 1.165) is 30.2 Å². The molecule has 0 fully saturated rings. The zero-order valence-corrected chi connectivity index (χ0v) is 9.64. The van der Waals surface area contributed by atoms with E-state index >= 15 is 0 Å². The molecule has 2 aromatic heterocycles. The number of hydrogen-bond donors (Lipinski definition) is 1. The average Bonchev–Trinajstić information content (AvgIpc) is 2.65. The van der Waals surface area contributed by atoms with Crippen LogP contribution in [0.4, 0.5) is 5.69 Å². The Hall–Kier alpha value is -1.84. The summed E-state index contributed by atoms with van der Waals surface area (Å²) in [5.41, 5.74) is 2.14. The largest absolute Gasteiger partial charge is 0.384 e. The third kappa shape index (κ3) is 2.59. The van der Waals surface area contributed by atoms with Gasteiger partial charge in [-0.05, 0) is 19.1 Å². The van der Waals surface area contributed by atoms with Gasteiger partial charge in [0.1, 0.15) is 5.82 Å². The van der Waals surface area contributed by atoms with Crippen molar-refractivity contribution in [2.75, 3.05) is 11.9 Å². The van der Waals surface area contributed by atoms with Crippen molar-refractivity contribution in [2.24, 2.45) is 7.05 Å². The van der Waals surface area contributed by atoms with Crippen molar-refractivity contribution in [3.05, 3.63) is 42.2 Å². The average molecular weight is 216 g/mol. The van der Waals surface area contributed by atoms with Crippen LogP contribution in [-0.2, 0) is 13.5 Å². The fourth-order valence-corrected chi connectivity index (χ4v) is 1.61. The van der Waals surface area contributed by atoms with Gasteiger partial charge in [-0.3, -0.25) is 4.98 Å². The van der Waals surface area contributed by atoms with Gasteiger partial charge in [-0.1, -0.05) is 0 Å². The van der Waals surface area contributed by atoms with Crippen molar-refractivity contribution in [1.82, 2.24) is 14.5 Å². The van der Waals surface area contributed by atoms with Crippen LogP contribution in [0.15, 0.2) is 30.7 Å². The summed E-state index contributed by atoms with van der Waals surface area (Å²) in [6, 6.07) is 4.02. The van der Waals surface area contributed by atoms with Gasteiger partial charge in [0.25, 0.3) is 0 Å². The summed E-state index contributed by atoms with van der Waals surface area (Å²) >= 11 is 0. The molecule has 2 rings (SSSR count). The summed E-state index contributed by atoms with van der Waals surface area (Å²) in [7, 11) is 2.01. The first-order chi connectivity index (χ1) is 7.75. The topological polar surface area (TPSA) is 42.7 Å². The molecular formula is C12H16N4. The quantitative estimate of drug-likeness (QED) is 0.847. The number of imidazole rings is 1. The molecule has 0 saturated carbocycles. The first kappa shape index (κ1) is 10.7. The minimum Gasteiger partial charge on any atom is -0.384 e. The maximum absolute atomic E-state index is 4.28. The second-order valence-corrected chi connectivity index (χ2v) is 3.82. The van der Waals surface area contributed by atoms with Crippen molar-refractivity contribution in [3.8, 4) is 0 Å². The molecule has 0 aromatic carbocycles. The predicted molar refractivity (Wildman–Crippen MR) is 64.4 cm³/mol. The first-order valence-corrected chi connectivity index (χ1v) is 5.38. The molecule has 0 aliphatic heterocycles. The molecule has 0 atom stereocenters. The van der Waals surface area contributed by atoms with Crippen LogP contribution in [0, 0.1) is 6.92 Å². The second-order valence-electron chi connectivity index (χ2n) is 3.82. The Morgan fingerprint density at radius 2 is 2.19 bits per heavy atom. The van der Waals surface area contributed by atoms with Crippen LogP contribution < -0.4 is 5.32 Å². The Labute approximate surface area is 95.4 Å². The fourth-order valence-electron chi connectivity index (χ4n) is 1.61. The molecule has 84 valence electrons. The Bertz CT molecular complexity index is 462. The van der Waals surface area contributed by atoms with Gasteiger partial charge in [0.2, 0.25) is 0 Å². The molecule has 2 heterocycles. The minimum absolute atomic E-state index is 0.883. The third-order valence-electron chi connectivity index (χ3n) is 2.50. The second kappa shape index (κ2) is 4.79. The van der Waals surface area contributed by atoms with Crippen molar-refractivity contribution < 1.29 is 0 Å². The van der Waals surface area contributed by atoms with Crippen LogP contribution >= 0.6 is 0 Å². The van der Waals surface area contributed by atoms with E-state index in [2.05, 4.69) is 15.3 Å². The fraction of sp³-hybridized carbons (Fsp3) is 0.333. The van der Waals surface area contributed by atoms with E-state index in [4.69, 9.17) is 0 Å². The standard InChI is InChI=1S/C12H16N4/c1-10-9-11(3-5-13-10)14-6-4-12-15-7-8-16(12)2/h3,5,7-9H,4,6H2,1-2H3,(H,13,14). The van der Waals surface area contributed by atoms with Crippen molar-refractivity contribution >= 4 is 5.69 Å². The minimum atomic E-state index is 0.883. The van der Waals surface area contributed by atoms with Crippen LogP contribution in [0.5, 0.6) is 0 Å². The molecular weight excluding hydrogens is 200 g/mol. The summed E-state index contributed by atoms with van der Waals surface area (Å²) in [5, 5.41) is 3.36. The highest BCUT2D eigenvalue weighted by Gasteiger charge is 1.98. The molecule has 1 N–H and O–H groups in total. The van der Waals surface area contributed by atoms with Crippen LogP contribution in [0.25, 0.3) is 0 Å². The Balaban J connectivity index is 1.87. The number of rotatable bonds is 4. The lowest BCUT2D eigenvalue weighted by Gasteiger charge is -2.06. The van der Waals surface area contributed by atoms with Crippen molar-refractivity contribution in [1.29, 1.82) is 0 Å². The van der Waals surface area contributed by atoms with E-state index in [-0.39, 0.29) is 0 Å². The lowest BCUT2D eigenvalue weighted by molar-refractivity contribution is 0.789. The molecule has 0 amide bonds. The normalized spacial score (nSPS) is 10.4. The summed E-state index contributed by atoms with van der Waals surface area (Å²) in [4.78, 5) is 8.43. The van der Waals surface area contributed by atoms with Crippen molar-refractivity contribution in [3.63, 3.8) is 0 Å². The van der Waals surface area contributed by atoms with E-state index in [1.807, 2.05) is 49.3 Å². The molecule has 2 aromatic rings. The molecule has 0 saturated heterocycles. The van der Waals surface area contributed by atoms with Gasteiger partial charge in [-0.25, -0.2) is 4.98 Å². The maximum Gasteiger partial charge on any atom is 0.110 e. The zero-order chi connectivity index (χ0) is 11.4. The van der Waals surface area contributed by atoms with E-state index in [1.54, 1.807) is 0 Å². The Kier molecular flexibility index (Phi) is 3.19. The lowest BCUT2D eigenvalue weighted by atomic mass is 10.3. The van der Waals surface area contributed by atoms with Gasteiger partial charge >= 0.3 is 0 Å². The summed E-state index contributed by atoms with van der Waals surface area (Å²) in [5.74, 6) is 1.10. The number of aromatic nitrogens is 3. The van der Waals surface area contributed by atoms with Gasteiger partial charge in [0, 0.05) is 50.0 Å². The number of nitrogens with zero attached hydrogens (tertiary/aromatic N) is 3. The SMILES string of the molecule is Cc1cc(NCCc2nccn2C)ccn1. The van der Waals surface area contributed by atoms with Gasteiger partial charge in [0.05, 0.1) is 0 Å². The molecule has 0 unspecified atom stereocenters. The number of nitrogens with one attached hydrogen (secondary N) is 1. The van der Waals surface area contributed by atoms with Gasteiger partial charge < -0.3 is 9.88 Å². The highest BCUT2D eigenvalue weighted by molar-refractivity contribution is 5.42. The number of pyridine rings is 1. The summed E-state index contributed by atoms with van der Waals surface area (Å²) < 4.78 is 2.04. The molecule has 4 nitrogen and oxygen atoms in total. The monoisotopic (exact) mass is 216 g/mol. The summed E-state index contributed by atoms with van der Waals surface area (Å²) in [6.07, 6.45) is 6.53. The lowest BCUT2D eigenvalue weighted by Crippen LogP contribution is -2.08. The van der Waals surface area contributed by atoms with E-state index in [0.29, 0.717) is 0 Å². The van der Waals surface area contributed by atoms with Crippen LogP contribution in [-0.4, -0.2) is 21.1 Å². The van der Waals surface area contributed by atoms with E-state index < -0.39 is 0 Å². The smallest absolute Gasteiger partial charge is 0.110 e. The van der Waals surface area contributed by atoms with Crippen LogP contribution in [0.2, 0.25) is 0 Å². The molecule has 0 spiro atoms. The molecule has 0 aliphatic rings. The third-order valence-corrected chi connectivity index (χ3v) is 2.50. The van der Waals surface area contributed by atoms with Crippen LogP contribution in [0.3, 0.4) is 0 Å². The van der Waals surface area contributed by atoms with Gasteiger partial charge in [-0.15, -0.1) is 0 Å².